The van der Waals surface area contributed by atoms with Crippen molar-refractivity contribution in [2.75, 3.05) is 11.4 Å². The van der Waals surface area contributed by atoms with Gasteiger partial charge in [0, 0.05) is 18.8 Å². The van der Waals surface area contributed by atoms with Crippen LogP contribution in [0, 0.1) is 0 Å². The molecule has 1 heterocycles. The molecule has 1 N–H and O–H groups in total. The minimum absolute atomic E-state index is 0.344. The molecule has 0 radical (unpaired) electrons. The highest BCUT2D eigenvalue weighted by molar-refractivity contribution is 5.49. The highest BCUT2D eigenvalue weighted by Crippen LogP contribution is 2.25. The predicted molar refractivity (Wildman–Crippen MR) is 87.5 cm³/mol. The molecule has 1 aliphatic rings. The number of benzene rings is 2. The van der Waals surface area contributed by atoms with Crippen molar-refractivity contribution in [2.24, 2.45) is 0 Å². The van der Waals surface area contributed by atoms with E-state index in [2.05, 4.69) is 53.4 Å². The standard InChI is InChI=1S/C19H23NO/c1-2-19(21)16-9-11-18(12-10-16)20-13-5-8-15-6-3-4-7-17(15)14-20/h3-4,6-7,9-12,19,21H,2,5,8,13-14H2,1H3/t19-/m0/s1. The van der Waals surface area contributed by atoms with Gasteiger partial charge in [-0.05, 0) is 48.1 Å². The summed E-state index contributed by atoms with van der Waals surface area (Å²) in [6.07, 6.45) is 2.77. The second kappa shape index (κ2) is 6.31. The van der Waals surface area contributed by atoms with Crippen LogP contribution < -0.4 is 4.90 Å². The maximum Gasteiger partial charge on any atom is 0.0787 e. The maximum atomic E-state index is 9.89. The topological polar surface area (TPSA) is 23.5 Å². The zero-order valence-corrected chi connectivity index (χ0v) is 12.6. The largest absolute Gasteiger partial charge is 0.388 e. The zero-order valence-electron chi connectivity index (χ0n) is 12.6. The molecule has 110 valence electrons. The van der Waals surface area contributed by atoms with Crippen LogP contribution in [0.5, 0.6) is 0 Å². The van der Waals surface area contributed by atoms with Crippen LogP contribution in [0.3, 0.4) is 0 Å². The average Bonchev–Trinajstić information content (AvgIpc) is 2.76. The molecule has 0 aliphatic carbocycles. The van der Waals surface area contributed by atoms with Gasteiger partial charge in [0.2, 0.25) is 0 Å². The molecule has 0 spiro atoms. The van der Waals surface area contributed by atoms with Gasteiger partial charge < -0.3 is 10.0 Å². The summed E-state index contributed by atoms with van der Waals surface area (Å²) in [4.78, 5) is 2.44. The zero-order chi connectivity index (χ0) is 14.7. The Morgan fingerprint density at radius 1 is 1.05 bits per heavy atom. The molecule has 0 amide bonds. The first-order valence-electron chi connectivity index (χ1n) is 7.87. The quantitative estimate of drug-likeness (QED) is 0.916. The number of hydrogen-bond acceptors (Lipinski definition) is 2. The number of aliphatic hydroxyl groups is 1. The summed E-state index contributed by atoms with van der Waals surface area (Å²) in [5.74, 6) is 0. The van der Waals surface area contributed by atoms with E-state index in [1.165, 1.54) is 29.7 Å². The Balaban J connectivity index is 1.81. The van der Waals surface area contributed by atoms with Gasteiger partial charge in [-0.3, -0.25) is 0 Å². The first kappa shape index (κ1) is 14.2. The van der Waals surface area contributed by atoms with E-state index in [0.717, 1.165) is 25.1 Å². The smallest absolute Gasteiger partial charge is 0.0787 e. The van der Waals surface area contributed by atoms with Crippen molar-refractivity contribution in [3.63, 3.8) is 0 Å². The summed E-state index contributed by atoms with van der Waals surface area (Å²) in [7, 11) is 0. The first-order valence-corrected chi connectivity index (χ1v) is 7.87. The average molecular weight is 281 g/mol. The lowest BCUT2D eigenvalue weighted by atomic mass is 10.0. The summed E-state index contributed by atoms with van der Waals surface area (Å²) in [5.41, 5.74) is 5.18. The molecule has 1 atom stereocenters. The number of anilines is 1. The van der Waals surface area contributed by atoms with Crippen LogP contribution in [0.2, 0.25) is 0 Å². The number of fused-ring (bicyclic) bond motifs is 1. The Kier molecular flexibility index (Phi) is 4.26. The third-order valence-corrected chi connectivity index (χ3v) is 4.38. The molecule has 0 saturated carbocycles. The van der Waals surface area contributed by atoms with Crippen LogP contribution in [0.15, 0.2) is 48.5 Å². The third kappa shape index (κ3) is 3.11. The number of aliphatic hydroxyl groups excluding tert-OH is 1. The van der Waals surface area contributed by atoms with Crippen LogP contribution in [0.25, 0.3) is 0 Å². The van der Waals surface area contributed by atoms with Gasteiger partial charge in [0.15, 0.2) is 0 Å². The van der Waals surface area contributed by atoms with Gasteiger partial charge in [0.1, 0.15) is 0 Å². The Hall–Kier alpha value is -1.80. The lowest BCUT2D eigenvalue weighted by Gasteiger charge is -2.24. The molecule has 0 fully saturated rings. The van der Waals surface area contributed by atoms with Crippen molar-refractivity contribution in [1.29, 1.82) is 0 Å². The van der Waals surface area contributed by atoms with E-state index in [4.69, 9.17) is 0 Å². The van der Waals surface area contributed by atoms with Crippen molar-refractivity contribution in [1.82, 2.24) is 0 Å². The van der Waals surface area contributed by atoms with Crippen LogP contribution in [0.4, 0.5) is 5.69 Å². The van der Waals surface area contributed by atoms with E-state index < -0.39 is 0 Å². The Morgan fingerprint density at radius 2 is 1.76 bits per heavy atom. The Morgan fingerprint density at radius 3 is 2.48 bits per heavy atom. The fraction of sp³-hybridized carbons (Fsp3) is 0.368. The van der Waals surface area contributed by atoms with Crippen LogP contribution in [0.1, 0.15) is 42.6 Å². The van der Waals surface area contributed by atoms with Gasteiger partial charge in [-0.2, -0.15) is 0 Å². The summed E-state index contributed by atoms with van der Waals surface area (Å²) >= 11 is 0. The molecule has 1 aliphatic heterocycles. The summed E-state index contributed by atoms with van der Waals surface area (Å²) < 4.78 is 0. The molecular formula is C19H23NO. The molecule has 0 aromatic heterocycles. The van der Waals surface area contributed by atoms with Gasteiger partial charge in [0.05, 0.1) is 6.10 Å². The van der Waals surface area contributed by atoms with Gasteiger partial charge in [0.25, 0.3) is 0 Å². The molecular weight excluding hydrogens is 258 g/mol. The van der Waals surface area contributed by atoms with Gasteiger partial charge in [-0.15, -0.1) is 0 Å². The number of aryl methyl sites for hydroxylation is 1. The maximum absolute atomic E-state index is 9.89. The second-order valence-electron chi connectivity index (χ2n) is 5.81. The van der Waals surface area contributed by atoms with E-state index in [-0.39, 0.29) is 6.10 Å². The van der Waals surface area contributed by atoms with Crippen LogP contribution in [-0.4, -0.2) is 11.7 Å². The second-order valence-corrected chi connectivity index (χ2v) is 5.81. The normalized spacial score (nSPS) is 16.2. The number of rotatable bonds is 3. The lowest BCUT2D eigenvalue weighted by Crippen LogP contribution is -2.22. The molecule has 21 heavy (non-hydrogen) atoms. The molecule has 3 rings (SSSR count). The molecule has 0 saturated heterocycles. The molecule has 0 bridgehead atoms. The van der Waals surface area contributed by atoms with E-state index in [1.807, 2.05) is 6.92 Å². The van der Waals surface area contributed by atoms with Crippen LogP contribution >= 0.6 is 0 Å². The molecule has 2 heteroatoms. The van der Waals surface area contributed by atoms with Crippen molar-refractivity contribution in [2.45, 2.75) is 38.8 Å². The third-order valence-electron chi connectivity index (χ3n) is 4.38. The monoisotopic (exact) mass is 281 g/mol. The lowest BCUT2D eigenvalue weighted by molar-refractivity contribution is 0.173. The minimum Gasteiger partial charge on any atom is -0.388 e. The van der Waals surface area contributed by atoms with Crippen molar-refractivity contribution in [3.05, 3.63) is 65.2 Å². The van der Waals surface area contributed by atoms with Gasteiger partial charge in [-0.1, -0.05) is 43.3 Å². The van der Waals surface area contributed by atoms with E-state index in [0.29, 0.717) is 0 Å². The number of hydrogen-bond donors (Lipinski definition) is 1. The summed E-state index contributed by atoms with van der Waals surface area (Å²) in [5, 5.41) is 9.89. The Labute approximate surface area is 127 Å². The van der Waals surface area contributed by atoms with Crippen molar-refractivity contribution < 1.29 is 5.11 Å². The van der Waals surface area contributed by atoms with Gasteiger partial charge >= 0.3 is 0 Å². The van der Waals surface area contributed by atoms with Crippen LogP contribution in [-0.2, 0) is 13.0 Å². The fourth-order valence-electron chi connectivity index (χ4n) is 3.06. The van der Waals surface area contributed by atoms with Crippen molar-refractivity contribution in [3.8, 4) is 0 Å². The highest BCUT2D eigenvalue weighted by atomic mass is 16.3. The highest BCUT2D eigenvalue weighted by Gasteiger charge is 2.14. The van der Waals surface area contributed by atoms with E-state index in [1.54, 1.807) is 0 Å². The summed E-state index contributed by atoms with van der Waals surface area (Å²) in [6, 6.07) is 17.1. The minimum atomic E-state index is -0.344. The predicted octanol–water partition coefficient (Wildman–Crippen LogP) is 4.08. The molecule has 2 nitrogen and oxygen atoms in total. The molecule has 2 aromatic carbocycles. The van der Waals surface area contributed by atoms with E-state index in [9.17, 15) is 5.11 Å². The van der Waals surface area contributed by atoms with Gasteiger partial charge in [-0.25, -0.2) is 0 Å². The van der Waals surface area contributed by atoms with E-state index >= 15 is 0 Å². The fourth-order valence-corrected chi connectivity index (χ4v) is 3.06. The SMILES string of the molecule is CC[C@H](O)c1ccc(N2CCCc3ccccc3C2)cc1. The molecule has 0 unspecified atom stereocenters. The first-order chi connectivity index (χ1) is 10.3. The Bertz CT molecular complexity index is 591. The number of nitrogens with zero attached hydrogens (tertiary/aromatic N) is 1. The van der Waals surface area contributed by atoms with Crippen molar-refractivity contribution >= 4 is 5.69 Å². The summed E-state index contributed by atoms with van der Waals surface area (Å²) in [6.45, 7) is 4.07. The molecule has 2 aromatic rings.